The van der Waals surface area contributed by atoms with E-state index in [1.165, 1.54) is 0 Å². The van der Waals surface area contributed by atoms with E-state index in [4.69, 9.17) is 18.9 Å². The fraction of sp³-hybridized carbons (Fsp3) is 0.360. The van der Waals surface area contributed by atoms with E-state index in [2.05, 4.69) is 9.78 Å². The average molecular weight is 468 g/mol. The molecular weight excluding hydrogens is 438 g/mol. The van der Waals surface area contributed by atoms with Crippen LogP contribution >= 0.6 is 11.3 Å². The number of furan rings is 1. The van der Waals surface area contributed by atoms with E-state index in [0.29, 0.717) is 19.5 Å². The lowest BCUT2D eigenvalue weighted by Crippen LogP contribution is -2.40. The van der Waals surface area contributed by atoms with Crippen molar-refractivity contribution < 1.29 is 18.7 Å². The second kappa shape index (κ2) is 9.31. The van der Waals surface area contributed by atoms with Crippen molar-refractivity contribution in [2.24, 2.45) is 5.41 Å². The molecule has 0 spiro atoms. The molecule has 0 bridgehead atoms. The first kappa shape index (κ1) is 22.9. The number of rotatable bonds is 8. The number of ether oxygens (including phenoxy) is 2. The molecule has 4 aromatic rings. The molecule has 1 amide bonds. The average Bonchev–Trinajstić information content (AvgIpc) is 3.53. The molecule has 0 atom stereocenters. The largest absolute Gasteiger partial charge is 0.497 e. The monoisotopic (exact) mass is 467 g/mol. The zero-order valence-electron chi connectivity index (χ0n) is 19.6. The Morgan fingerprint density at radius 2 is 2.03 bits per heavy atom. The Morgan fingerprint density at radius 1 is 1.21 bits per heavy atom. The highest BCUT2D eigenvalue weighted by Gasteiger charge is 2.28. The van der Waals surface area contributed by atoms with Crippen LogP contribution in [0.5, 0.6) is 11.5 Å². The van der Waals surface area contributed by atoms with Crippen molar-refractivity contribution in [3.8, 4) is 22.8 Å². The molecule has 3 heterocycles. The number of thiazole rings is 1. The molecule has 0 saturated carbocycles. The van der Waals surface area contributed by atoms with Gasteiger partial charge in [-0.15, -0.1) is 11.3 Å². The van der Waals surface area contributed by atoms with Crippen molar-refractivity contribution in [3.05, 3.63) is 59.6 Å². The number of methoxy groups -OCH3 is 2. The summed E-state index contributed by atoms with van der Waals surface area (Å²) in [7, 11) is 3.29. The number of nitrogens with zero attached hydrogens (tertiary/aromatic N) is 3. The van der Waals surface area contributed by atoms with E-state index in [1.807, 2.05) is 62.2 Å². The van der Waals surface area contributed by atoms with Crippen molar-refractivity contribution in [2.75, 3.05) is 20.8 Å². The highest BCUT2D eigenvalue weighted by Crippen LogP contribution is 2.34. The van der Waals surface area contributed by atoms with Crippen molar-refractivity contribution in [1.29, 1.82) is 0 Å². The molecule has 174 valence electrons. The Labute approximate surface area is 197 Å². The fourth-order valence-electron chi connectivity index (χ4n) is 3.72. The Hall–Kier alpha value is -3.26. The molecule has 1 aromatic carbocycles. The summed E-state index contributed by atoms with van der Waals surface area (Å²) in [6, 6.07) is 9.42. The zero-order valence-corrected chi connectivity index (χ0v) is 20.4. The number of hydrogen-bond donors (Lipinski definition) is 0. The van der Waals surface area contributed by atoms with Crippen LogP contribution in [0.4, 0.5) is 0 Å². The van der Waals surface area contributed by atoms with E-state index in [-0.39, 0.29) is 5.91 Å². The first-order chi connectivity index (χ1) is 15.8. The van der Waals surface area contributed by atoms with Crippen molar-refractivity contribution >= 4 is 22.2 Å². The summed E-state index contributed by atoms with van der Waals surface area (Å²) >= 11 is 1.58. The van der Waals surface area contributed by atoms with Gasteiger partial charge in [-0.05, 0) is 30.3 Å². The number of carbonyl (C=O) groups excluding carboxylic acids is 1. The minimum atomic E-state index is -0.471. The van der Waals surface area contributed by atoms with Gasteiger partial charge in [-0.3, -0.25) is 9.20 Å². The van der Waals surface area contributed by atoms with Crippen LogP contribution in [0.15, 0.2) is 52.6 Å². The van der Waals surface area contributed by atoms with Gasteiger partial charge >= 0.3 is 0 Å². The second-order valence-corrected chi connectivity index (χ2v) is 9.71. The van der Waals surface area contributed by atoms with Crippen LogP contribution in [-0.4, -0.2) is 41.0 Å². The molecule has 0 radical (unpaired) electrons. The zero-order chi connectivity index (χ0) is 23.6. The summed E-state index contributed by atoms with van der Waals surface area (Å²) in [5.41, 5.74) is 2.32. The fourth-order valence-corrected chi connectivity index (χ4v) is 4.63. The van der Waals surface area contributed by atoms with Crippen LogP contribution in [0.3, 0.4) is 0 Å². The lowest BCUT2D eigenvalue weighted by molar-refractivity contribution is -0.140. The van der Waals surface area contributed by atoms with Gasteiger partial charge in [-0.2, -0.15) is 0 Å². The molecule has 0 fully saturated rings. The summed E-state index contributed by atoms with van der Waals surface area (Å²) in [5.74, 6) is 2.36. The third-order valence-electron chi connectivity index (χ3n) is 5.46. The lowest BCUT2D eigenvalue weighted by atomic mass is 9.94. The van der Waals surface area contributed by atoms with Gasteiger partial charge in [-0.1, -0.05) is 20.8 Å². The van der Waals surface area contributed by atoms with Gasteiger partial charge in [0.05, 0.1) is 32.7 Å². The van der Waals surface area contributed by atoms with Gasteiger partial charge in [0.25, 0.3) is 0 Å². The van der Waals surface area contributed by atoms with Crippen LogP contribution < -0.4 is 9.47 Å². The van der Waals surface area contributed by atoms with E-state index in [9.17, 15) is 4.79 Å². The predicted molar refractivity (Wildman–Crippen MR) is 129 cm³/mol. The van der Waals surface area contributed by atoms with Crippen molar-refractivity contribution in [2.45, 2.75) is 33.7 Å². The van der Waals surface area contributed by atoms with Gasteiger partial charge in [0, 0.05) is 41.2 Å². The summed E-state index contributed by atoms with van der Waals surface area (Å²) in [6.07, 6.45) is 4.35. The molecule has 4 rings (SSSR count). The Balaban J connectivity index is 1.59. The maximum absolute atomic E-state index is 13.1. The van der Waals surface area contributed by atoms with Crippen LogP contribution in [0.1, 0.15) is 32.2 Å². The number of hydrogen-bond acceptors (Lipinski definition) is 6. The van der Waals surface area contributed by atoms with Gasteiger partial charge in [-0.25, -0.2) is 4.98 Å². The Kier molecular flexibility index (Phi) is 6.47. The SMILES string of the molecule is COc1ccc(OC)c(-c2cn3c(CCN(Cc4ccco4)C(=O)C(C)(C)C)csc3n2)c1. The molecule has 33 heavy (non-hydrogen) atoms. The Bertz CT molecular complexity index is 1230. The number of imidazole rings is 1. The molecule has 0 aliphatic rings. The summed E-state index contributed by atoms with van der Waals surface area (Å²) < 4.78 is 18.5. The molecule has 7 nitrogen and oxygen atoms in total. The van der Waals surface area contributed by atoms with Crippen molar-refractivity contribution in [1.82, 2.24) is 14.3 Å². The third-order valence-corrected chi connectivity index (χ3v) is 6.35. The van der Waals surface area contributed by atoms with E-state index in [1.54, 1.807) is 31.8 Å². The number of amides is 1. The highest BCUT2D eigenvalue weighted by atomic mass is 32.1. The minimum Gasteiger partial charge on any atom is -0.497 e. The maximum Gasteiger partial charge on any atom is 0.228 e. The minimum absolute atomic E-state index is 0.0952. The molecule has 8 heteroatoms. The molecule has 0 unspecified atom stereocenters. The van der Waals surface area contributed by atoms with E-state index in [0.717, 1.165) is 39.2 Å². The van der Waals surface area contributed by atoms with Gasteiger partial charge in [0.1, 0.15) is 17.3 Å². The molecule has 0 saturated heterocycles. The number of benzene rings is 1. The van der Waals surface area contributed by atoms with Crippen molar-refractivity contribution in [3.63, 3.8) is 0 Å². The Morgan fingerprint density at radius 3 is 2.70 bits per heavy atom. The number of aromatic nitrogens is 2. The standard InChI is InChI=1S/C25H29N3O4S/c1-25(2,3)23(29)27(14-19-7-6-12-32-19)11-10-17-16-33-24-26-21(15-28(17)24)20-13-18(30-4)8-9-22(20)31-5/h6-9,12-13,15-16H,10-11,14H2,1-5H3. The summed E-state index contributed by atoms with van der Waals surface area (Å²) in [5, 5.41) is 2.10. The lowest BCUT2D eigenvalue weighted by Gasteiger charge is -2.29. The smallest absolute Gasteiger partial charge is 0.228 e. The quantitative estimate of drug-likeness (QED) is 0.352. The molecule has 0 aliphatic carbocycles. The molecular formula is C25H29N3O4S. The van der Waals surface area contributed by atoms with E-state index >= 15 is 0 Å². The van der Waals surface area contributed by atoms with Gasteiger partial charge < -0.3 is 18.8 Å². The molecule has 3 aromatic heterocycles. The summed E-state index contributed by atoms with van der Waals surface area (Å²) in [4.78, 5) is 20.6. The topological polar surface area (TPSA) is 69.2 Å². The van der Waals surface area contributed by atoms with Crippen LogP contribution in [0.2, 0.25) is 0 Å². The van der Waals surface area contributed by atoms with Gasteiger partial charge in [0.2, 0.25) is 5.91 Å². The normalized spacial score (nSPS) is 11.7. The van der Waals surface area contributed by atoms with Crippen LogP contribution in [0.25, 0.3) is 16.2 Å². The molecule has 0 aliphatic heterocycles. The third kappa shape index (κ3) is 4.90. The van der Waals surface area contributed by atoms with Gasteiger partial charge in [0.15, 0.2) is 4.96 Å². The number of fused-ring (bicyclic) bond motifs is 1. The first-order valence-corrected chi connectivity index (χ1v) is 11.7. The highest BCUT2D eigenvalue weighted by molar-refractivity contribution is 7.15. The predicted octanol–water partition coefficient (Wildman–Crippen LogP) is 5.29. The van der Waals surface area contributed by atoms with Crippen LogP contribution in [-0.2, 0) is 17.8 Å². The second-order valence-electron chi connectivity index (χ2n) is 8.88. The van der Waals surface area contributed by atoms with Crippen LogP contribution in [0, 0.1) is 5.41 Å². The maximum atomic E-state index is 13.1. The molecule has 0 N–H and O–H groups in total. The van der Waals surface area contributed by atoms with E-state index < -0.39 is 5.41 Å². The first-order valence-electron chi connectivity index (χ1n) is 10.8. The summed E-state index contributed by atoms with van der Waals surface area (Å²) in [6.45, 7) is 6.86. The number of carbonyl (C=O) groups is 1.